The number of aliphatic hydroxyl groups is 1. The average molecular weight is 210 g/mol. The summed E-state index contributed by atoms with van der Waals surface area (Å²) >= 11 is 0. The molecule has 6 heteroatoms. The van der Waals surface area contributed by atoms with Crippen LogP contribution in [-0.4, -0.2) is 45.0 Å². The van der Waals surface area contributed by atoms with Crippen molar-refractivity contribution < 1.29 is 9.90 Å². The molecule has 1 aromatic rings. The maximum absolute atomic E-state index is 11.9. The molecule has 0 aromatic carbocycles. The summed E-state index contributed by atoms with van der Waals surface area (Å²) < 4.78 is 1.57. The summed E-state index contributed by atoms with van der Waals surface area (Å²) in [6.45, 7) is -0.147. The number of nitrogens with zero attached hydrogens (tertiary/aromatic N) is 4. The Balaban J connectivity index is 2.26. The number of likely N-dealkylation sites (N-methyl/N-ethyl adjacent to an activating group) is 1. The van der Waals surface area contributed by atoms with Crippen LogP contribution in [0.3, 0.4) is 0 Å². The van der Waals surface area contributed by atoms with Crippen LogP contribution in [0.25, 0.3) is 0 Å². The number of rotatable bonds is 3. The second-order valence-electron chi connectivity index (χ2n) is 4.04. The van der Waals surface area contributed by atoms with Crippen LogP contribution in [0.1, 0.15) is 18.5 Å². The highest BCUT2D eigenvalue weighted by atomic mass is 16.3. The minimum absolute atomic E-state index is 0.0388. The van der Waals surface area contributed by atoms with Crippen molar-refractivity contribution in [3.8, 4) is 0 Å². The molecule has 1 aliphatic carbocycles. The van der Waals surface area contributed by atoms with E-state index < -0.39 is 5.54 Å². The summed E-state index contributed by atoms with van der Waals surface area (Å²) in [5.74, 6) is 0.0388. The van der Waals surface area contributed by atoms with E-state index in [1.807, 2.05) is 0 Å². The molecule has 0 atom stereocenters. The lowest BCUT2D eigenvalue weighted by atomic mass is 10.2. The van der Waals surface area contributed by atoms with Gasteiger partial charge in [0.1, 0.15) is 11.2 Å². The van der Waals surface area contributed by atoms with Gasteiger partial charge >= 0.3 is 0 Å². The third-order valence-corrected chi connectivity index (χ3v) is 2.67. The highest BCUT2D eigenvalue weighted by molar-refractivity contribution is 5.86. The summed E-state index contributed by atoms with van der Waals surface area (Å²) in [6, 6.07) is 0. The molecule has 0 bridgehead atoms. The first kappa shape index (κ1) is 10.1. The van der Waals surface area contributed by atoms with Gasteiger partial charge in [0.15, 0.2) is 0 Å². The molecule has 0 spiro atoms. The van der Waals surface area contributed by atoms with Gasteiger partial charge < -0.3 is 10.0 Å². The normalized spacial score (nSPS) is 17.5. The fourth-order valence-corrected chi connectivity index (χ4v) is 1.66. The number of aliphatic hydroxyl groups excluding tert-OH is 1. The van der Waals surface area contributed by atoms with Crippen molar-refractivity contribution in [1.29, 1.82) is 0 Å². The van der Waals surface area contributed by atoms with Gasteiger partial charge in [-0.15, -0.1) is 5.10 Å². The first-order valence-electron chi connectivity index (χ1n) is 4.84. The van der Waals surface area contributed by atoms with Crippen LogP contribution >= 0.6 is 0 Å². The van der Waals surface area contributed by atoms with Crippen LogP contribution in [0, 0.1) is 0 Å². The lowest BCUT2D eigenvalue weighted by Crippen LogP contribution is -2.38. The lowest BCUT2D eigenvalue weighted by Gasteiger charge is -2.19. The molecule has 1 aliphatic rings. The van der Waals surface area contributed by atoms with Gasteiger partial charge in [-0.2, -0.15) is 0 Å². The highest BCUT2D eigenvalue weighted by Gasteiger charge is 2.53. The van der Waals surface area contributed by atoms with Gasteiger partial charge in [0.25, 0.3) is 0 Å². The number of carbonyl (C=O) groups is 1. The van der Waals surface area contributed by atoms with Crippen LogP contribution in [0.4, 0.5) is 0 Å². The molecular formula is C9H14N4O2. The Morgan fingerprint density at radius 2 is 2.33 bits per heavy atom. The van der Waals surface area contributed by atoms with Gasteiger partial charge in [0.2, 0.25) is 5.91 Å². The van der Waals surface area contributed by atoms with E-state index in [2.05, 4.69) is 10.3 Å². The molecular weight excluding hydrogens is 196 g/mol. The summed E-state index contributed by atoms with van der Waals surface area (Å²) in [7, 11) is 3.46. The number of amides is 1. The van der Waals surface area contributed by atoms with Crippen molar-refractivity contribution in [2.45, 2.75) is 25.0 Å². The number of hydrogen-bond acceptors (Lipinski definition) is 4. The Hall–Kier alpha value is -1.43. The molecule has 1 N–H and O–H groups in total. The fraction of sp³-hybridized carbons (Fsp3) is 0.667. The topological polar surface area (TPSA) is 71.2 Å². The number of carbonyl (C=O) groups excluding carboxylic acids is 1. The molecule has 15 heavy (non-hydrogen) atoms. The van der Waals surface area contributed by atoms with E-state index in [0.717, 1.165) is 12.8 Å². The van der Waals surface area contributed by atoms with E-state index in [4.69, 9.17) is 5.11 Å². The maximum atomic E-state index is 11.9. The van der Waals surface area contributed by atoms with Crippen molar-refractivity contribution in [1.82, 2.24) is 19.9 Å². The van der Waals surface area contributed by atoms with Crippen LogP contribution in [0.15, 0.2) is 6.20 Å². The third-order valence-electron chi connectivity index (χ3n) is 2.67. The van der Waals surface area contributed by atoms with Crippen molar-refractivity contribution in [3.63, 3.8) is 0 Å². The van der Waals surface area contributed by atoms with E-state index in [0.29, 0.717) is 5.69 Å². The van der Waals surface area contributed by atoms with E-state index in [-0.39, 0.29) is 12.5 Å². The third kappa shape index (κ3) is 1.50. The smallest absolute Gasteiger partial charge is 0.250 e. The van der Waals surface area contributed by atoms with E-state index in [9.17, 15) is 4.79 Å². The first-order chi connectivity index (χ1) is 7.10. The molecule has 1 saturated carbocycles. The highest BCUT2D eigenvalue weighted by Crippen LogP contribution is 2.44. The zero-order chi connectivity index (χ0) is 11.1. The zero-order valence-corrected chi connectivity index (χ0v) is 8.84. The fourth-order valence-electron chi connectivity index (χ4n) is 1.66. The monoisotopic (exact) mass is 210 g/mol. The molecule has 6 nitrogen and oxygen atoms in total. The van der Waals surface area contributed by atoms with E-state index in [1.165, 1.54) is 0 Å². The van der Waals surface area contributed by atoms with Gasteiger partial charge in [-0.05, 0) is 12.8 Å². The van der Waals surface area contributed by atoms with Crippen LogP contribution in [-0.2, 0) is 16.9 Å². The van der Waals surface area contributed by atoms with Crippen LogP contribution < -0.4 is 0 Å². The minimum atomic E-state index is -0.538. The Morgan fingerprint density at radius 3 is 2.73 bits per heavy atom. The van der Waals surface area contributed by atoms with Crippen molar-refractivity contribution in [2.75, 3.05) is 14.1 Å². The molecule has 82 valence electrons. The van der Waals surface area contributed by atoms with Crippen LogP contribution in [0.5, 0.6) is 0 Å². The zero-order valence-electron chi connectivity index (χ0n) is 8.84. The van der Waals surface area contributed by atoms with Gasteiger partial charge in [-0.3, -0.25) is 4.79 Å². The summed E-state index contributed by atoms with van der Waals surface area (Å²) in [5, 5.41) is 16.5. The Kier molecular flexibility index (Phi) is 2.22. The number of aromatic nitrogens is 3. The van der Waals surface area contributed by atoms with Gasteiger partial charge in [0, 0.05) is 14.1 Å². The van der Waals surface area contributed by atoms with Gasteiger partial charge in [0.05, 0.1) is 12.8 Å². The Bertz CT molecular complexity index is 381. The molecule has 0 aliphatic heterocycles. The average Bonchev–Trinajstić information content (AvgIpc) is 2.88. The quantitative estimate of drug-likeness (QED) is 0.719. The molecule has 1 heterocycles. The molecule has 0 saturated heterocycles. The van der Waals surface area contributed by atoms with Crippen molar-refractivity contribution in [3.05, 3.63) is 11.9 Å². The summed E-state index contributed by atoms with van der Waals surface area (Å²) in [4.78, 5) is 13.5. The van der Waals surface area contributed by atoms with Crippen molar-refractivity contribution in [2.24, 2.45) is 0 Å². The Morgan fingerprint density at radius 1 is 1.67 bits per heavy atom. The molecule has 0 radical (unpaired) electrons. The predicted molar refractivity (Wildman–Crippen MR) is 51.8 cm³/mol. The molecule has 2 rings (SSSR count). The largest absolute Gasteiger partial charge is 0.390 e. The predicted octanol–water partition coefficient (Wildman–Crippen LogP) is -0.652. The minimum Gasteiger partial charge on any atom is -0.390 e. The number of hydrogen-bond donors (Lipinski definition) is 1. The SMILES string of the molecule is CN(C)C(=O)C1(n2cc(CO)nn2)CC1. The second kappa shape index (κ2) is 3.30. The maximum Gasteiger partial charge on any atom is 0.250 e. The Labute approximate surface area is 87.5 Å². The van der Waals surface area contributed by atoms with Gasteiger partial charge in [-0.25, -0.2) is 4.68 Å². The first-order valence-corrected chi connectivity index (χ1v) is 4.84. The van der Waals surface area contributed by atoms with Gasteiger partial charge in [-0.1, -0.05) is 5.21 Å². The molecule has 1 aromatic heterocycles. The summed E-state index contributed by atoms with van der Waals surface area (Å²) in [5.41, 5.74) is -0.0444. The summed E-state index contributed by atoms with van der Waals surface area (Å²) in [6.07, 6.45) is 3.21. The van der Waals surface area contributed by atoms with Crippen molar-refractivity contribution >= 4 is 5.91 Å². The lowest BCUT2D eigenvalue weighted by molar-refractivity contribution is -0.134. The molecule has 1 amide bonds. The molecule has 0 unspecified atom stereocenters. The molecule has 1 fully saturated rings. The van der Waals surface area contributed by atoms with E-state index >= 15 is 0 Å². The van der Waals surface area contributed by atoms with Crippen LogP contribution in [0.2, 0.25) is 0 Å². The standard InChI is InChI=1S/C9H14N4O2/c1-12(2)8(15)9(3-4-9)13-5-7(6-14)10-11-13/h5,14H,3-4,6H2,1-2H3. The van der Waals surface area contributed by atoms with E-state index in [1.54, 1.807) is 29.9 Å². The second-order valence-corrected chi connectivity index (χ2v) is 4.04.